The van der Waals surface area contributed by atoms with Crippen molar-refractivity contribution in [2.75, 3.05) is 0 Å². The summed E-state index contributed by atoms with van der Waals surface area (Å²) in [6.45, 7) is 4.23. The Morgan fingerprint density at radius 3 is 2.21 bits per heavy atom. The molecule has 10 heteroatoms. The number of halogens is 3. The van der Waals surface area contributed by atoms with Gasteiger partial charge in [0.25, 0.3) is 0 Å². The van der Waals surface area contributed by atoms with Crippen LogP contribution in [0.2, 0.25) is 0 Å². The maximum atomic E-state index is 12.1. The van der Waals surface area contributed by atoms with Gasteiger partial charge in [-0.3, -0.25) is 15.1 Å². The molecule has 3 aromatic heterocycles. The number of hydrogen-bond acceptors (Lipinski definition) is 5. The van der Waals surface area contributed by atoms with Crippen molar-refractivity contribution in [1.29, 1.82) is 0 Å². The summed E-state index contributed by atoms with van der Waals surface area (Å²) in [4.78, 5) is 16.8. The molecule has 42 heavy (non-hydrogen) atoms. The molecule has 0 amide bonds. The number of hydrogen-bond donors (Lipinski definition) is 0. The number of pyridine rings is 1. The van der Waals surface area contributed by atoms with Crippen molar-refractivity contribution >= 4 is 32.6 Å². The summed E-state index contributed by atoms with van der Waals surface area (Å²) < 4.78 is 36.4. The fourth-order valence-electron chi connectivity index (χ4n) is 4.57. The first-order valence-corrected chi connectivity index (χ1v) is 12.7. The van der Waals surface area contributed by atoms with Crippen LogP contribution in [0.25, 0.3) is 55.4 Å². The van der Waals surface area contributed by atoms with Crippen molar-refractivity contribution in [3.05, 3.63) is 114 Å². The van der Waals surface area contributed by atoms with Crippen LogP contribution in [0.1, 0.15) is 17.0 Å². The molecule has 0 aliphatic carbocycles. The molecule has 4 aromatic carbocycles. The summed E-state index contributed by atoms with van der Waals surface area (Å²) >= 11 is 0. The normalized spacial score (nSPS) is 11.3. The van der Waals surface area contributed by atoms with Crippen LogP contribution in [0.5, 0.6) is 0 Å². The van der Waals surface area contributed by atoms with Crippen LogP contribution in [-0.2, 0) is 26.3 Å². The molecule has 0 N–H and O–H groups in total. The van der Waals surface area contributed by atoms with Gasteiger partial charge in [0.2, 0.25) is 0 Å². The van der Waals surface area contributed by atoms with Crippen LogP contribution in [0.4, 0.5) is 13.2 Å². The predicted molar refractivity (Wildman–Crippen MR) is 152 cm³/mol. The van der Waals surface area contributed by atoms with E-state index in [0.29, 0.717) is 0 Å². The maximum Gasteiger partial charge on any atom is 0.429 e. The monoisotopic (exact) mass is 739 g/mol. The summed E-state index contributed by atoms with van der Waals surface area (Å²) in [6, 6.07) is 29.2. The number of aryl methyl sites for hydroxylation is 2. The summed E-state index contributed by atoms with van der Waals surface area (Å²) in [7, 11) is 0. The average Bonchev–Trinajstić information content (AvgIpc) is 3.50. The smallest absolute Gasteiger partial charge is 0.413 e. The second kappa shape index (κ2) is 11.8. The number of aromatic nitrogens is 6. The average molecular weight is 739 g/mol. The SMILES string of the molecule is Cc1c[c-]c2c(c1)c1cc(C)ccc1c1nc(-c3ccccc3)cnc21.FC(F)(F)c1n[n-]c(-c2ccccn2)n1.[Ir]. The van der Waals surface area contributed by atoms with Crippen molar-refractivity contribution < 1.29 is 33.3 Å². The molecule has 0 bridgehead atoms. The second-order valence-electron chi connectivity index (χ2n) is 9.50. The zero-order chi connectivity index (χ0) is 28.6. The minimum Gasteiger partial charge on any atom is -0.413 e. The molecule has 0 unspecified atom stereocenters. The van der Waals surface area contributed by atoms with Gasteiger partial charge in [-0.15, -0.1) is 29.1 Å². The van der Waals surface area contributed by atoms with Crippen molar-refractivity contribution in [3.8, 4) is 22.8 Å². The zero-order valence-corrected chi connectivity index (χ0v) is 24.7. The van der Waals surface area contributed by atoms with E-state index < -0.39 is 12.0 Å². The van der Waals surface area contributed by atoms with Crippen LogP contribution in [0.3, 0.4) is 0 Å². The van der Waals surface area contributed by atoms with Gasteiger partial charge in [-0.1, -0.05) is 77.9 Å². The van der Waals surface area contributed by atoms with E-state index in [4.69, 9.17) is 9.97 Å². The Balaban J connectivity index is 0.000000189. The van der Waals surface area contributed by atoms with E-state index >= 15 is 0 Å². The van der Waals surface area contributed by atoms with Gasteiger partial charge in [0.05, 0.1) is 16.9 Å². The minimum absolute atomic E-state index is 0. The molecule has 0 spiro atoms. The van der Waals surface area contributed by atoms with E-state index in [2.05, 4.69) is 76.5 Å². The largest absolute Gasteiger partial charge is 0.429 e. The zero-order valence-electron chi connectivity index (χ0n) is 22.3. The molecule has 0 atom stereocenters. The number of benzene rings is 4. The Hall–Kier alpha value is -4.53. The molecule has 6 nitrogen and oxygen atoms in total. The van der Waals surface area contributed by atoms with E-state index in [1.165, 1.54) is 34.2 Å². The number of rotatable bonds is 2. The Morgan fingerprint density at radius 2 is 1.50 bits per heavy atom. The van der Waals surface area contributed by atoms with Crippen LogP contribution < -0.4 is 5.10 Å². The summed E-state index contributed by atoms with van der Waals surface area (Å²) in [6.07, 6.45) is -1.26. The molecule has 0 aliphatic rings. The number of nitrogens with zero attached hydrogens (tertiary/aromatic N) is 6. The van der Waals surface area contributed by atoms with E-state index in [-0.39, 0.29) is 31.6 Å². The molecular formula is C32H21F3IrN6-2. The molecule has 1 radical (unpaired) electrons. The molecule has 3 heterocycles. The molecule has 7 rings (SSSR count). The van der Waals surface area contributed by atoms with E-state index in [1.807, 2.05) is 30.5 Å². The molecule has 0 aliphatic heterocycles. The summed E-state index contributed by atoms with van der Waals surface area (Å²) in [5.41, 5.74) is 6.53. The third kappa shape index (κ3) is 5.77. The predicted octanol–water partition coefficient (Wildman–Crippen LogP) is 7.53. The van der Waals surface area contributed by atoms with Crippen molar-refractivity contribution in [3.63, 3.8) is 0 Å². The molecule has 0 saturated heterocycles. The van der Waals surface area contributed by atoms with Gasteiger partial charge in [0.15, 0.2) is 0 Å². The minimum atomic E-state index is -4.57. The van der Waals surface area contributed by atoms with Gasteiger partial charge in [-0.2, -0.15) is 13.2 Å². The first-order chi connectivity index (χ1) is 19.8. The van der Waals surface area contributed by atoms with Gasteiger partial charge in [0.1, 0.15) is 5.82 Å². The van der Waals surface area contributed by atoms with Crippen molar-refractivity contribution in [2.45, 2.75) is 20.0 Å². The van der Waals surface area contributed by atoms with Gasteiger partial charge in [-0.05, 0) is 30.3 Å². The van der Waals surface area contributed by atoms with Crippen molar-refractivity contribution in [1.82, 2.24) is 30.1 Å². The molecule has 0 fully saturated rings. The summed E-state index contributed by atoms with van der Waals surface area (Å²) in [5, 5.41) is 10.8. The molecular weight excluding hydrogens is 718 g/mol. The Bertz CT molecular complexity index is 2010. The second-order valence-corrected chi connectivity index (χ2v) is 9.50. The third-order valence-corrected chi connectivity index (χ3v) is 6.48. The Labute approximate surface area is 252 Å². The fourth-order valence-corrected chi connectivity index (χ4v) is 4.57. The van der Waals surface area contributed by atoms with Gasteiger partial charge < -0.3 is 15.1 Å². The van der Waals surface area contributed by atoms with Gasteiger partial charge >= 0.3 is 6.18 Å². The first kappa shape index (κ1) is 29.0. The van der Waals surface area contributed by atoms with Gasteiger partial charge in [-0.25, -0.2) is 0 Å². The molecule has 7 aromatic rings. The van der Waals surface area contributed by atoms with Crippen LogP contribution in [-0.4, -0.2) is 25.0 Å². The van der Waals surface area contributed by atoms with E-state index in [9.17, 15) is 13.2 Å². The quantitative estimate of drug-likeness (QED) is 0.135. The molecule has 211 valence electrons. The van der Waals surface area contributed by atoms with E-state index in [1.54, 1.807) is 12.1 Å². The number of fused-ring (bicyclic) bond motifs is 6. The maximum absolute atomic E-state index is 12.1. The Kier molecular flexibility index (Phi) is 8.11. The van der Waals surface area contributed by atoms with E-state index in [0.717, 1.165) is 33.1 Å². The van der Waals surface area contributed by atoms with Crippen molar-refractivity contribution in [2.24, 2.45) is 0 Å². The van der Waals surface area contributed by atoms with Crippen LogP contribution >= 0.6 is 0 Å². The molecule has 0 saturated carbocycles. The topological polar surface area (TPSA) is 78.5 Å². The first-order valence-electron chi connectivity index (χ1n) is 12.7. The fraction of sp³-hybridized carbons (Fsp3) is 0.0938. The van der Waals surface area contributed by atoms with Crippen LogP contribution in [0, 0.1) is 19.9 Å². The van der Waals surface area contributed by atoms with Crippen LogP contribution in [0.15, 0.2) is 91.3 Å². The summed E-state index contributed by atoms with van der Waals surface area (Å²) in [5.74, 6) is -1.37. The third-order valence-electron chi connectivity index (χ3n) is 6.48. The Morgan fingerprint density at radius 1 is 0.738 bits per heavy atom. The number of alkyl halides is 3. The standard InChI is InChI=1S/C24H17N2.C8H4F3N4.Ir/c1-15-8-10-18-20(12-15)21-13-16(2)9-11-19(21)24-23(18)25-14-22(26-24)17-6-4-3-5-7-17;9-8(10,11)7-13-6(14-15-7)5-3-1-2-4-12-5;/h3-9,11-14H,1-2H3;1-4H;/q2*-1;. The van der Waals surface area contributed by atoms with Gasteiger partial charge in [0, 0.05) is 43.6 Å².